The number of amides is 1. The van der Waals surface area contributed by atoms with Crippen LogP contribution in [0, 0.1) is 13.8 Å². The Bertz CT molecular complexity index is 1480. The number of benzene rings is 3. The van der Waals surface area contributed by atoms with Crippen molar-refractivity contribution in [3.8, 4) is 5.75 Å². The van der Waals surface area contributed by atoms with Gasteiger partial charge in [-0.1, -0.05) is 12.1 Å². The van der Waals surface area contributed by atoms with Gasteiger partial charge in [-0.15, -0.1) is 0 Å². The Labute approximate surface area is 200 Å². The van der Waals surface area contributed by atoms with Crippen LogP contribution in [0.3, 0.4) is 0 Å². The summed E-state index contributed by atoms with van der Waals surface area (Å²) in [6.45, 7) is 4.01. The van der Waals surface area contributed by atoms with Crippen LogP contribution in [0.1, 0.15) is 33.5 Å². The summed E-state index contributed by atoms with van der Waals surface area (Å²) in [4.78, 5) is 15.1. The number of nitrogens with zero attached hydrogens (tertiary/aromatic N) is 1. The van der Waals surface area contributed by atoms with E-state index in [-0.39, 0.29) is 21.4 Å². The van der Waals surface area contributed by atoms with Gasteiger partial charge < -0.3 is 9.08 Å². The van der Waals surface area contributed by atoms with Crippen molar-refractivity contribution in [3.05, 3.63) is 82.9 Å². The standard InChI is InChI=1S/C25H25NO6S2/c1-17-6-7-18(2)24(15-17)34(30,31)32-21-10-8-19(9-11-21)25(27)26-14-4-5-20-16-22(33(3,28)29)12-13-23(20)26/h6-13,15-16H,4-5,14H2,1-3H3. The Morgan fingerprint density at radius 2 is 1.62 bits per heavy atom. The number of carbonyl (C=O) groups excluding carboxylic acids is 1. The molecule has 1 heterocycles. The summed E-state index contributed by atoms with van der Waals surface area (Å²) >= 11 is 0. The molecule has 0 atom stereocenters. The lowest BCUT2D eigenvalue weighted by Gasteiger charge is -2.30. The van der Waals surface area contributed by atoms with Crippen molar-refractivity contribution in [2.24, 2.45) is 0 Å². The number of rotatable bonds is 5. The monoisotopic (exact) mass is 499 g/mol. The number of fused-ring (bicyclic) bond motifs is 1. The third kappa shape index (κ3) is 4.85. The van der Waals surface area contributed by atoms with Gasteiger partial charge >= 0.3 is 10.1 Å². The number of sulfone groups is 1. The first-order chi connectivity index (χ1) is 16.0. The predicted molar refractivity (Wildman–Crippen MR) is 130 cm³/mol. The van der Waals surface area contributed by atoms with Gasteiger partial charge in [0.15, 0.2) is 9.84 Å². The van der Waals surface area contributed by atoms with E-state index in [2.05, 4.69) is 0 Å². The maximum absolute atomic E-state index is 13.2. The van der Waals surface area contributed by atoms with Crippen LogP contribution in [-0.4, -0.2) is 35.5 Å². The van der Waals surface area contributed by atoms with Crippen LogP contribution >= 0.6 is 0 Å². The largest absolute Gasteiger partial charge is 0.379 e. The molecule has 1 aliphatic rings. The molecule has 178 valence electrons. The maximum atomic E-state index is 13.2. The van der Waals surface area contributed by atoms with Gasteiger partial charge in [0.25, 0.3) is 5.91 Å². The van der Waals surface area contributed by atoms with Crippen LogP contribution in [0.5, 0.6) is 5.75 Å². The molecule has 0 fully saturated rings. The van der Waals surface area contributed by atoms with Crippen molar-refractivity contribution in [2.45, 2.75) is 36.5 Å². The molecule has 0 bridgehead atoms. The molecule has 7 nitrogen and oxygen atoms in total. The van der Waals surface area contributed by atoms with E-state index in [1.54, 1.807) is 43.0 Å². The lowest BCUT2D eigenvalue weighted by atomic mass is 10.0. The maximum Gasteiger partial charge on any atom is 0.339 e. The van der Waals surface area contributed by atoms with Crippen LogP contribution in [-0.2, 0) is 26.4 Å². The highest BCUT2D eigenvalue weighted by Crippen LogP contribution is 2.31. The second kappa shape index (κ2) is 8.88. The quantitative estimate of drug-likeness (QED) is 0.491. The van der Waals surface area contributed by atoms with Gasteiger partial charge in [0, 0.05) is 24.1 Å². The Morgan fingerprint density at radius 3 is 2.29 bits per heavy atom. The van der Waals surface area contributed by atoms with Crippen LogP contribution in [0.25, 0.3) is 0 Å². The van der Waals surface area contributed by atoms with Gasteiger partial charge in [0.05, 0.1) is 4.90 Å². The Kier molecular flexibility index (Phi) is 6.26. The van der Waals surface area contributed by atoms with Crippen LogP contribution in [0.15, 0.2) is 70.5 Å². The number of anilines is 1. The van der Waals surface area contributed by atoms with Crippen LogP contribution in [0.4, 0.5) is 5.69 Å². The molecular formula is C25H25NO6S2. The molecule has 0 unspecified atom stereocenters. The first-order valence-corrected chi connectivity index (χ1v) is 14.0. The zero-order valence-corrected chi connectivity index (χ0v) is 20.7. The molecular weight excluding hydrogens is 474 g/mol. The molecule has 0 saturated heterocycles. The summed E-state index contributed by atoms with van der Waals surface area (Å²) in [5.41, 5.74) is 3.25. The fourth-order valence-corrected chi connectivity index (χ4v) is 5.89. The van der Waals surface area contributed by atoms with E-state index in [4.69, 9.17) is 4.18 Å². The molecule has 1 aliphatic heterocycles. The summed E-state index contributed by atoms with van der Waals surface area (Å²) in [6, 6.07) is 15.9. The van der Waals surface area contributed by atoms with E-state index >= 15 is 0 Å². The predicted octanol–water partition coefficient (Wildman–Crippen LogP) is 4.07. The van der Waals surface area contributed by atoms with Gasteiger partial charge in [-0.2, -0.15) is 8.42 Å². The summed E-state index contributed by atoms with van der Waals surface area (Å²) in [5, 5.41) is 0. The van der Waals surface area contributed by atoms with E-state index in [9.17, 15) is 21.6 Å². The van der Waals surface area contributed by atoms with Crippen molar-refractivity contribution in [1.82, 2.24) is 0 Å². The smallest absolute Gasteiger partial charge is 0.339 e. The SMILES string of the molecule is Cc1ccc(C)c(S(=O)(=O)Oc2ccc(C(=O)N3CCCc4cc(S(C)(=O)=O)ccc43)cc2)c1. The highest BCUT2D eigenvalue weighted by atomic mass is 32.2. The second-order valence-electron chi connectivity index (χ2n) is 8.45. The molecule has 9 heteroatoms. The molecule has 0 N–H and O–H groups in total. The minimum absolute atomic E-state index is 0.103. The Hall–Kier alpha value is -3.17. The molecule has 1 amide bonds. The number of hydrogen-bond donors (Lipinski definition) is 0. The third-order valence-corrected chi connectivity index (χ3v) is 8.26. The molecule has 0 saturated carbocycles. The molecule has 0 aliphatic carbocycles. The summed E-state index contributed by atoms with van der Waals surface area (Å²) in [7, 11) is -7.36. The van der Waals surface area contributed by atoms with Crippen LogP contribution < -0.4 is 9.08 Å². The van der Waals surface area contributed by atoms with Gasteiger partial charge in [0.1, 0.15) is 10.6 Å². The summed E-state index contributed by atoms with van der Waals surface area (Å²) in [6.07, 6.45) is 2.55. The molecule has 0 spiro atoms. The van der Waals surface area contributed by atoms with Crippen molar-refractivity contribution in [1.29, 1.82) is 0 Å². The zero-order chi connectivity index (χ0) is 24.7. The minimum Gasteiger partial charge on any atom is -0.379 e. The fourth-order valence-electron chi connectivity index (χ4n) is 3.97. The Balaban J connectivity index is 1.56. The lowest BCUT2D eigenvalue weighted by Crippen LogP contribution is -2.35. The van der Waals surface area contributed by atoms with Crippen molar-refractivity contribution < 1.29 is 25.8 Å². The summed E-state index contributed by atoms with van der Waals surface area (Å²) in [5.74, 6) is -0.147. The third-order valence-electron chi connectivity index (χ3n) is 5.76. The van der Waals surface area contributed by atoms with Gasteiger partial charge in [0.2, 0.25) is 0 Å². The molecule has 0 aromatic heterocycles. The van der Waals surface area contributed by atoms with Gasteiger partial charge in [-0.05, 0) is 91.9 Å². The summed E-state index contributed by atoms with van der Waals surface area (Å²) < 4.78 is 54.5. The van der Waals surface area contributed by atoms with Gasteiger partial charge in [-0.3, -0.25) is 4.79 Å². The molecule has 3 aromatic carbocycles. The van der Waals surface area contributed by atoms with Crippen molar-refractivity contribution in [3.63, 3.8) is 0 Å². The van der Waals surface area contributed by atoms with E-state index in [0.29, 0.717) is 36.2 Å². The average molecular weight is 500 g/mol. The molecule has 0 radical (unpaired) electrons. The lowest BCUT2D eigenvalue weighted by molar-refractivity contribution is 0.0985. The Morgan fingerprint density at radius 1 is 0.912 bits per heavy atom. The highest BCUT2D eigenvalue weighted by Gasteiger charge is 2.25. The highest BCUT2D eigenvalue weighted by molar-refractivity contribution is 7.90. The number of hydrogen-bond acceptors (Lipinski definition) is 6. The fraction of sp³-hybridized carbons (Fsp3) is 0.240. The zero-order valence-electron chi connectivity index (χ0n) is 19.1. The van der Waals surface area contributed by atoms with Crippen molar-refractivity contribution >= 4 is 31.5 Å². The van der Waals surface area contributed by atoms with Crippen LogP contribution in [0.2, 0.25) is 0 Å². The second-order valence-corrected chi connectivity index (χ2v) is 12.0. The minimum atomic E-state index is -4.02. The topological polar surface area (TPSA) is 97.8 Å². The van der Waals surface area contributed by atoms with E-state index < -0.39 is 20.0 Å². The number of aryl methyl sites for hydroxylation is 3. The van der Waals surface area contributed by atoms with E-state index in [1.165, 1.54) is 30.3 Å². The van der Waals surface area contributed by atoms with E-state index in [0.717, 1.165) is 17.4 Å². The normalized spacial score (nSPS) is 13.9. The van der Waals surface area contributed by atoms with Gasteiger partial charge in [-0.25, -0.2) is 8.42 Å². The molecule has 3 aromatic rings. The number of carbonyl (C=O) groups is 1. The average Bonchev–Trinajstić information content (AvgIpc) is 2.79. The molecule has 34 heavy (non-hydrogen) atoms. The first-order valence-electron chi connectivity index (χ1n) is 10.7. The van der Waals surface area contributed by atoms with E-state index in [1.807, 2.05) is 6.07 Å². The molecule has 4 rings (SSSR count). The first kappa shape index (κ1) is 24.0. The van der Waals surface area contributed by atoms with Crippen molar-refractivity contribution in [2.75, 3.05) is 17.7 Å².